The Labute approximate surface area is 174 Å². The lowest BCUT2D eigenvalue weighted by atomic mass is 9.96. The van der Waals surface area contributed by atoms with Crippen LogP contribution in [0.3, 0.4) is 0 Å². The van der Waals surface area contributed by atoms with Crippen molar-refractivity contribution in [1.29, 1.82) is 0 Å². The Hall–Kier alpha value is -3.22. The number of rotatable bonds is 6. The van der Waals surface area contributed by atoms with Gasteiger partial charge < -0.3 is 14.2 Å². The van der Waals surface area contributed by atoms with Gasteiger partial charge in [-0.1, -0.05) is 17.3 Å². The van der Waals surface area contributed by atoms with Crippen LogP contribution < -0.4 is 4.74 Å². The fourth-order valence-corrected chi connectivity index (χ4v) is 3.69. The maximum Gasteiger partial charge on any atom is 0.230 e. The van der Waals surface area contributed by atoms with Gasteiger partial charge in [-0.2, -0.15) is 4.98 Å². The Morgan fingerprint density at radius 2 is 1.83 bits per heavy atom. The highest BCUT2D eigenvalue weighted by Gasteiger charge is 2.27. The van der Waals surface area contributed by atoms with Crippen molar-refractivity contribution < 1.29 is 18.4 Å². The molecule has 3 aromatic rings. The smallest absolute Gasteiger partial charge is 0.230 e. The van der Waals surface area contributed by atoms with Crippen LogP contribution in [0.5, 0.6) is 5.75 Å². The number of likely N-dealkylation sites (tertiary alicyclic amines) is 1. The zero-order chi connectivity index (χ0) is 20.9. The number of carbonyl (C=O) groups excluding carboxylic acids is 1. The molecule has 1 saturated heterocycles. The summed E-state index contributed by atoms with van der Waals surface area (Å²) >= 11 is 0. The average molecular weight is 409 g/mol. The Kier molecular flexibility index (Phi) is 6.07. The van der Waals surface area contributed by atoms with Gasteiger partial charge in [-0.3, -0.25) is 4.79 Å². The summed E-state index contributed by atoms with van der Waals surface area (Å²) in [4.78, 5) is 19.0. The highest BCUT2D eigenvalue weighted by molar-refractivity contribution is 5.76. The van der Waals surface area contributed by atoms with Crippen LogP contribution >= 0.6 is 0 Å². The summed E-state index contributed by atoms with van der Waals surface area (Å²) in [6.07, 6.45) is 2.79. The zero-order valence-corrected chi connectivity index (χ0v) is 16.9. The van der Waals surface area contributed by atoms with Crippen LogP contribution in [0.4, 0.5) is 4.39 Å². The molecule has 1 aromatic heterocycles. The molecule has 1 amide bonds. The number of methoxy groups -OCH3 is 1. The number of carbonyl (C=O) groups is 1. The van der Waals surface area contributed by atoms with E-state index < -0.39 is 0 Å². The van der Waals surface area contributed by atoms with Crippen LogP contribution in [0.1, 0.15) is 36.6 Å². The predicted molar refractivity (Wildman–Crippen MR) is 110 cm³/mol. The number of hydrogen-bond donors (Lipinski definition) is 0. The van der Waals surface area contributed by atoms with Crippen molar-refractivity contribution in [2.75, 3.05) is 20.2 Å². The number of benzene rings is 2. The van der Waals surface area contributed by atoms with Crippen LogP contribution in [0.25, 0.3) is 11.4 Å². The van der Waals surface area contributed by atoms with Crippen molar-refractivity contribution in [2.24, 2.45) is 0 Å². The van der Waals surface area contributed by atoms with E-state index in [1.54, 1.807) is 19.2 Å². The van der Waals surface area contributed by atoms with Crippen molar-refractivity contribution >= 4 is 5.91 Å². The van der Waals surface area contributed by atoms with Crippen LogP contribution in [-0.4, -0.2) is 41.1 Å². The van der Waals surface area contributed by atoms with Gasteiger partial charge in [0.15, 0.2) is 0 Å². The largest absolute Gasteiger partial charge is 0.497 e. The lowest BCUT2D eigenvalue weighted by Crippen LogP contribution is -2.38. The van der Waals surface area contributed by atoms with E-state index in [1.807, 2.05) is 29.2 Å². The Bertz CT molecular complexity index is 978. The first-order chi connectivity index (χ1) is 14.6. The fraction of sp³-hybridized carbons (Fsp3) is 0.348. The number of amides is 1. The lowest BCUT2D eigenvalue weighted by Gasteiger charge is -2.30. The molecule has 30 heavy (non-hydrogen) atoms. The normalized spacial score (nSPS) is 14.7. The number of hydrogen-bond acceptors (Lipinski definition) is 5. The summed E-state index contributed by atoms with van der Waals surface area (Å²) in [6, 6.07) is 13.8. The second-order valence-electron chi connectivity index (χ2n) is 7.47. The minimum absolute atomic E-state index is 0.136. The molecule has 4 rings (SSSR count). The molecule has 6 nitrogen and oxygen atoms in total. The second kappa shape index (κ2) is 9.07. The van der Waals surface area contributed by atoms with Crippen molar-refractivity contribution in [3.63, 3.8) is 0 Å². The van der Waals surface area contributed by atoms with Crippen molar-refractivity contribution in [1.82, 2.24) is 15.0 Å². The van der Waals surface area contributed by atoms with Gasteiger partial charge in [0, 0.05) is 31.0 Å². The Balaban J connectivity index is 1.28. The summed E-state index contributed by atoms with van der Waals surface area (Å²) in [5.74, 6) is 1.86. The third-order valence-electron chi connectivity index (χ3n) is 5.53. The topological polar surface area (TPSA) is 68.5 Å². The summed E-state index contributed by atoms with van der Waals surface area (Å²) in [5, 5.41) is 4.02. The lowest BCUT2D eigenvalue weighted by molar-refractivity contribution is -0.132. The SMILES string of the molecule is COc1ccc(CCC(=O)N2CCC(c3nc(-c4ccc(F)cc4)no3)CC2)cc1. The molecule has 0 atom stereocenters. The van der Waals surface area contributed by atoms with Gasteiger partial charge in [-0.15, -0.1) is 0 Å². The molecule has 1 aliphatic rings. The summed E-state index contributed by atoms with van der Waals surface area (Å²) in [7, 11) is 1.64. The number of piperidine rings is 1. The fourth-order valence-electron chi connectivity index (χ4n) is 3.69. The quantitative estimate of drug-likeness (QED) is 0.610. The molecule has 1 aliphatic heterocycles. The van der Waals surface area contributed by atoms with Gasteiger partial charge in [0.05, 0.1) is 7.11 Å². The standard InChI is InChI=1S/C23H24FN3O3/c1-29-20-9-2-16(3-10-20)4-11-21(28)27-14-12-18(13-15-27)23-25-22(26-30-23)17-5-7-19(24)8-6-17/h2-3,5-10,18H,4,11-15H2,1H3. The summed E-state index contributed by atoms with van der Waals surface area (Å²) < 4.78 is 23.7. The minimum atomic E-state index is -0.300. The number of halogens is 1. The number of aryl methyl sites for hydroxylation is 1. The van der Waals surface area contributed by atoms with Crippen LogP contribution in [-0.2, 0) is 11.2 Å². The molecule has 0 bridgehead atoms. The molecule has 0 spiro atoms. The number of ether oxygens (including phenoxy) is 1. The van der Waals surface area contributed by atoms with Gasteiger partial charge in [-0.25, -0.2) is 4.39 Å². The molecule has 0 unspecified atom stereocenters. The van der Waals surface area contributed by atoms with E-state index in [0.29, 0.717) is 37.6 Å². The van der Waals surface area contributed by atoms with Gasteiger partial charge >= 0.3 is 0 Å². The first kappa shape index (κ1) is 20.1. The van der Waals surface area contributed by atoms with E-state index in [-0.39, 0.29) is 17.6 Å². The van der Waals surface area contributed by atoms with Gasteiger partial charge in [0.2, 0.25) is 17.6 Å². The highest BCUT2D eigenvalue weighted by Crippen LogP contribution is 2.29. The Morgan fingerprint density at radius 3 is 2.50 bits per heavy atom. The van der Waals surface area contributed by atoms with E-state index in [0.717, 1.165) is 29.7 Å². The van der Waals surface area contributed by atoms with E-state index in [4.69, 9.17) is 9.26 Å². The molecule has 2 heterocycles. The van der Waals surface area contributed by atoms with Crippen LogP contribution in [0.2, 0.25) is 0 Å². The molecule has 1 fully saturated rings. The average Bonchev–Trinajstić information content (AvgIpc) is 3.29. The van der Waals surface area contributed by atoms with Crippen LogP contribution in [0.15, 0.2) is 53.1 Å². The molecular weight excluding hydrogens is 385 g/mol. The molecule has 0 radical (unpaired) electrons. The molecule has 0 aliphatic carbocycles. The Morgan fingerprint density at radius 1 is 1.13 bits per heavy atom. The third kappa shape index (κ3) is 4.67. The van der Waals surface area contributed by atoms with Crippen molar-refractivity contribution in [2.45, 2.75) is 31.6 Å². The predicted octanol–water partition coefficient (Wildman–Crippen LogP) is 4.22. The zero-order valence-electron chi connectivity index (χ0n) is 16.9. The maximum atomic E-state index is 13.1. The molecule has 156 valence electrons. The molecule has 7 heteroatoms. The minimum Gasteiger partial charge on any atom is -0.497 e. The first-order valence-corrected chi connectivity index (χ1v) is 10.1. The molecule has 0 N–H and O–H groups in total. The third-order valence-corrected chi connectivity index (χ3v) is 5.53. The van der Waals surface area contributed by atoms with Crippen molar-refractivity contribution in [3.8, 4) is 17.1 Å². The van der Waals surface area contributed by atoms with Gasteiger partial charge in [0.25, 0.3) is 0 Å². The van der Waals surface area contributed by atoms with E-state index >= 15 is 0 Å². The van der Waals surface area contributed by atoms with Crippen LogP contribution in [0, 0.1) is 5.82 Å². The summed E-state index contributed by atoms with van der Waals surface area (Å²) in [5.41, 5.74) is 1.84. The first-order valence-electron chi connectivity index (χ1n) is 10.1. The molecule has 2 aromatic carbocycles. The molecule has 0 saturated carbocycles. The van der Waals surface area contributed by atoms with E-state index in [9.17, 15) is 9.18 Å². The molecular formula is C23H24FN3O3. The monoisotopic (exact) mass is 409 g/mol. The van der Waals surface area contributed by atoms with Crippen molar-refractivity contribution in [3.05, 3.63) is 65.8 Å². The maximum absolute atomic E-state index is 13.1. The number of aromatic nitrogens is 2. The highest BCUT2D eigenvalue weighted by atomic mass is 19.1. The van der Waals surface area contributed by atoms with E-state index in [2.05, 4.69) is 10.1 Å². The van der Waals surface area contributed by atoms with Gasteiger partial charge in [0.1, 0.15) is 11.6 Å². The second-order valence-corrected chi connectivity index (χ2v) is 7.47. The van der Waals surface area contributed by atoms with Gasteiger partial charge in [-0.05, 0) is 61.2 Å². The number of nitrogens with zero attached hydrogens (tertiary/aromatic N) is 3. The summed E-state index contributed by atoms with van der Waals surface area (Å²) in [6.45, 7) is 1.36. The van der Waals surface area contributed by atoms with E-state index in [1.165, 1.54) is 12.1 Å².